The highest BCUT2D eigenvalue weighted by atomic mass is 16.5. The van der Waals surface area contributed by atoms with Crippen LogP contribution < -0.4 is 4.74 Å². The SMILES string of the molecule is Cc1ccc(-c2ccc3c(c2)c(COc2ccccc2CC(=O)O)nn3C(C)C)cc1. The number of hydrogen-bond donors (Lipinski definition) is 1. The minimum Gasteiger partial charge on any atom is -0.487 e. The molecule has 0 amide bonds. The number of aryl methyl sites for hydroxylation is 1. The highest BCUT2D eigenvalue weighted by Gasteiger charge is 2.15. The molecule has 3 aromatic carbocycles. The Kier molecular flexibility index (Phi) is 5.76. The maximum Gasteiger partial charge on any atom is 0.307 e. The van der Waals surface area contributed by atoms with E-state index in [1.165, 1.54) is 5.56 Å². The van der Waals surface area contributed by atoms with Crippen LogP contribution in [0.25, 0.3) is 22.0 Å². The number of fused-ring (bicyclic) bond motifs is 1. The molecule has 158 valence electrons. The van der Waals surface area contributed by atoms with Crippen molar-refractivity contribution in [3.63, 3.8) is 0 Å². The summed E-state index contributed by atoms with van der Waals surface area (Å²) in [6.45, 7) is 6.56. The van der Waals surface area contributed by atoms with Gasteiger partial charge in [0.25, 0.3) is 0 Å². The van der Waals surface area contributed by atoms with E-state index in [9.17, 15) is 4.79 Å². The molecule has 0 bridgehead atoms. The van der Waals surface area contributed by atoms with Crippen molar-refractivity contribution >= 4 is 16.9 Å². The van der Waals surface area contributed by atoms with Crippen LogP contribution in [0.15, 0.2) is 66.7 Å². The van der Waals surface area contributed by atoms with Crippen molar-refractivity contribution in [2.45, 2.75) is 39.8 Å². The molecule has 0 fully saturated rings. The van der Waals surface area contributed by atoms with E-state index in [2.05, 4.69) is 63.2 Å². The summed E-state index contributed by atoms with van der Waals surface area (Å²) < 4.78 is 8.06. The molecular weight excluding hydrogens is 388 g/mol. The van der Waals surface area contributed by atoms with Gasteiger partial charge in [0.1, 0.15) is 18.1 Å². The van der Waals surface area contributed by atoms with Crippen molar-refractivity contribution in [1.82, 2.24) is 9.78 Å². The molecule has 0 saturated heterocycles. The number of para-hydroxylation sites is 1. The van der Waals surface area contributed by atoms with Gasteiger partial charge in [0.2, 0.25) is 0 Å². The molecule has 5 heteroatoms. The van der Waals surface area contributed by atoms with Gasteiger partial charge in [-0.2, -0.15) is 5.10 Å². The molecule has 0 aliphatic carbocycles. The molecule has 4 rings (SSSR count). The fourth-order valence-corrected chi connectivity index (χ4v) is 3.73. The third-order valence-corrected chi connectivity index (χ3v) is 5.34. The number of carboxylic acid groups (broad SMARTS) is 1. The van der Waals surface area contributed by atoms with E-state index in [-0.39, 0.29) is 19.1 Å². The Balaban J connectivity index is 1.71. The van der Waals surface area contributed by atoms with Gasteiger partial charge in [-0.25, -0.2) is 0 Å². The predicted molar refractivity (Wildman–Crippen MR) is 122 cm³/mol. The van der Waals surface area contributed by atoms with Gasteiger partial charge < -0.3 is 9.84 Å². The number of nitrogens with zero attached hydrogens (tertiary/aromatic N) is 2. The normalized spacial score (nSPS) is 11.2. The van der Waals surface area contributed by atoms with E-state index in [0.29, 0.717) is 11.3 Å². The Morgan fingerprint density at radius 2 is 1.74 bits per heavy atom. The fourth-order valence-electron chi connectivity index (χ4n) is 3.73. The van der Waals surface area contributed by atoms with Gasteiger partial charge in [-0.05, 0) is 50.1 Å². The number of aliphatic carboxylic acids is 1. The van der Waals surface area contributed by atoms with Crippen molar-refractivity contribution in [3.8, 4) is 16.9 Å². The van der Waals surface area contributed by atoms with E-state index in [4.69, 9.17) is 14.9 Å². The van der Waals surface area contributed by atoms with Crippen LogP contribution in [0.4, 0.5) is 0 Å². The van der Waals surface area contributed by atoms with Crippen molar-refractivity contribution < 1.29 is 14.6 Å². The summed E-state index contributed by atoms with van der Waals surface area (Å²) in [5.74, 6) is -0.305. The monoisotopic (exact) mass is 414 g/mol. The molecule has 0 radical (unpaired) electrons. The van der Waals surface area contributed by atoms with Gasteiger partial charge in [0, 0.05) is 17.0 Å². The maximum atomic E-state index is 11.2. The second-order valence-electron chi connectivity index (χ2n) is 8.05. The van der Waals surface area contributed by atoms with Gasteiger partial charge in [-0.15, -0.1) is 0 Å². The highest BCUT2D eigenvalue weighted by Crippen LogP contribution is 2.29. The standard InChI is InChI=1S/C26H26N2O3/c1-17(2)28-24-13-12-20(19-10-8-18(3)9-11-19)14-22(24)23(27-28)16-31-25-7-5-4-6-21(25)15-26(29)30/h4-14,17H,15-16H2,1-3H3,(H,29,30). The van der Waals surface area contributed by atoms with Crippen LogP contribution in [0.2, 0.25) is 0 Å². The van der Waals surface area contributed by atoms with E-state index in [1.54, 1.807) is 12.1 Å². The molecule has 0 spiro atoms. The predicted octanol–water partition coefficient (Wildman–Crippen LogP) is 5.80. The van der Waals surface area contributed by atoms with Gasteiger partial charge in [-0.3, -0.25) is 9.48 Å². The van der Waals surface area contributed by atoms with Crippen molar-refractivity contribution in [2.24, 2.45) is 0 Å². The number of ether oxygens (including phenoxy) is 1. The summed E-state index contributed by atoms with van der Waals surface area (Å²) in [4.78, 5) is 11.2. The average molecular weight is 415 g/mol. The molecular formula is C26H26N2O3. The molecule has 0 aliphatic rings. The van der Waals surface area contributed by atoms with Crippen molar-refractivity contribution in [3.05, 3.63) is 83.6 Å². The van der Waals surface area contributed by atoms with Gasteiger partial charge in [0.15, 0.2) is 0 Å². The average Bonchev–Trinajstić information content (AvgIpc) is 3.11. The zero-order valence-electron chi connectivity index (χ0n) is 18.0. The lowest BCUT2D eigenvalue weighted by atomic mass is 10.0. The van der Waals surface area contributed by atoms with Crippen LogP contribution in [0.5, 0.6) is 5.75 Å². The van der Waals surface area contributed by atoms with E-state index < -0.39 is 5.97 Å². The molecule has 4 aromatic rings. The molecule has 1 aromatic heterocycles. The second kappa shape index (κ2) is 8.64. The van der Waals surface area contributed by atoms with Gasteiger partial charge in [0.05, 0.1) is 11.9 Å². The number of carbonyl (C=O) groups is 1. The summed E-state index contributed by atoms with van der Waals surface area (Å²) >= 11 is 0. The fraction of sp³-hybridized carbons (Fsp3) is 0.231. The lowest BCUT2D eigenvalue weighted by Crippen LogP contribution is -2.06. The smallest absolute Gasteiger partial charge is 0.307 e. The zero-order valence-corrected chi connectivity index (χ0v) is 18.0. The number of carboxylic acids is 1. The first kappa shape index (κ1) is 20.7. The third-order valence-electron chi connectivity index (χ3n) is 5.34. The number of hydrogen-bond acceptors (Lipinski definition) is 3. The first-order chi connectivity index (χ1) is 14.9. The minimum atomic E-state index is -0.881. The summed E-state index contributed by atoms with van der Waals surface area (Å²) in [5, 5.41) is 15.0. The molecule has 0 atom stereocenters. The maximum absolute atomic E-state index is 11.2. The Morgan fingerprint density at radius 1 is 1.03 bits per heavy atom. The first-order valence-electron chi connectivity index (χ1n) is 10.4. The number of rotatable bonds is 7. The second-order valence-corrected chi connectivity index (χ2v) is 8.05. The Morgan fingerprint density at radius 3 is 2.45 bits per heavy atom. The van der Waals surface area contributed by atoms with Crippen molar-refractivity contribution in [2.75, 3.05) is 0 Å². The lowest BCUT2D eigenvalue weighted by molar-refractivity contribution is -0.136. The molecule has 5 nitrogen and oxygen atoms in total. The number of benzene rings is 3. The third kappa shape index (κ3) is 4.45. The molecule has 1 heterocycles. The van der Waals surface area contributed by atoms with Crippen LogP contribution >= 0.6 is 0 Å². The largest absolute Gasteiger partial charge is 0.487 e. The van der Waals surface area contributed by atoms with E-state index in [1.807, 2.05) is 16.8 Å². The minimum absolute atomic E-state index is 0.0745. The van der Waals surface area contributed by atoms with E-state index in [0.717, 1.165) is 27.7 Å². The van der Waals surface area contributed by atoms with Gasteiger partial charge in [-0.1, -0.05) is 54.1 Å². The molecule has 0 saturated carbocycles. The topological polar surface area (TPSA) is 64.3 Å². The number of aromatic nitrogens is 2. The summed E-state index contributed by atoms with van der Waals surface area (Å²) in [6, 6.07) is 22.3. The zero-order chi connectivity index (χ0) is 22.0. The van der Waals surface area contributed by atoms with Gasteiger partial charge >= 0.3 is 5.97 Å². The lowest BCUT2D eigenvalue weighted by Gasteiger charge is -2.09. The summed E-state index contributed by atoms with van der Waals surface area (Å²) in [6.07, 6.45) is -0.0745. The Labute approximate surface area is 181 Å². The van der Waals surface area contributed by atoms with Crippen LogP contribution in [0.3, 0.4) is 0 Å². The molecule has 0 unspecified atom stereocenters. The summed E-state index contributed by atoms with van der Waals surface area (Å²) in [5.41, 5.74) is 6.06. The Bertz CT molecular complexity index is 1220. The Hall–Kier alpha value is -3.60. The van der Waals surface area contributed by atoms with E-state index >= 15 is 0 Å². The molecule has 1 N–H and O–H groups in total. The first-order valence-corrected chi connectivity index (χ1v) is 10.4. The quantitative estimate of drug-likeness (QED) is 0.415. The highest BCUT2D eigenvalue weighted by molar-refractivity contribution is 5.87. The van der Waals surface area contributed by atoms with Crippen molar-refractivity contribution in [1.29, 1.82) is 0 Å². The van der Waals surface area contributed by atoms with Crippen LogP contribution in [-0.2, 0) is 17.8 Å². The van der Waals surface area contributed by atoms with Crippen LogP contribution in [0, 0.1) is 6.92 Å². The van der Waals surface area contributed by atoms with Crippen LogP contribution in [-0.4, -0.2) is 20.9 Å². The van der Waals surface area contributed by atoms with Crippen LogP contribution in [0.1, 0.15) is 36.7 Å². The molecule has 31 heavy (non-hydrogen) atoms. The summed E-state index contributed by atoms with van der Waals surface area (Å²) in [7, 11) is 0. The molecule has 0 aliphatic heterocycles.